The second kappa shape index (κ2) is 7.92. The largest absolute Gasteiger partial charge is 0.339 e. The van der Waals surface area contributed by atoms with Crippen LogP contribution >= 0.6 is 0 Å². The van der Waals surface area contributed by atoms with Gasteiger partial charge in [0.25, 0.3) is 10.0 Å². The molecular formula is C20H24N6O2S. The first-order valence-electron chi connectivity index (χ1n) is 9.57. The molecule has 1 fully saturated rings. The zero-order chi connectivity index (χ0) is 20.4. The Hall–Kier alpha value is -2.78. The molecule has 1 aliphatic rings. The van der Waals surface area contributed by atoms with Crippen molar-refractivity contribution in [3.05, 3.63) is 60.3 Å². The van der Waals surface area contributed by atoms with Gasteiger partial charge < -0.3 is 9.88 Å². The summed E-state index contributed by atoms with van der Waals surface area (Å²) in [5.41, 5.74) is 1.91. The molecule has 1 saturated heterocycles. The smallest absolute Gasteiger partial charge is 0.262 e. The zero-order valence-electron chi connectivity index (χ0n) is 16.5. The number of nitrogens with zero attached hydrogens (tertiary/aromatic N) is 5. The minimum Gasteiger partial charge on any atom is -0.339 e. The molecule has 0 amide bonds. The topological polar surface area (TPSA) is 93.0 Å². The van der Waals surface area contributed by atoms with E-state index < -0.39 is 10.0 Å². The average Bonchev–Trinajstić information content (AvgIpc) is 3.16. The third-order valence-corrected chi connectivity index (χ3v) is 6.86. The number of piperidine rings is 1. The Labute approximate surface area is 170 Å². The van der Waals surface area contributed by atoms with Crippen LogP contribution in [0.5, 0.6) is 0 Å². The molecule has 1 N–H and O–H groups in total. The Balaban J connectivity index is 1.43. The highest BCUT2D eigenvalue weighted by atomic mass is 32.2. The SMILES string of the molecule is Cc1cccc(Nc2cccc(C3CCN(S(=O)(=O)c4cn(C)cn4)CC3)n2)n1. The van der Waals surface area contributed by atoms with Crippen molar-refractivity contribution in [1.82, 2.24) is 23.8 Å². The van der Waals surface area contributed by atoms with Crippen molar-refractivity contribution >= 4 is 21.7 Å². The van der Waals surface area contributed by atoms with Crippen LogP contribution in [0.15, 0.2) is 53.9 Å². The van der Waals surface area contributed by atoms with E-state index in [-0.39, 0.29) is 10.9 Å². The normalized spacial score (nSPS) is 16.1. The van der Waals surface area contributed by atoms with Gasteiger partial charge in [-0.05, 0) is 44.0 Å². The highest BCUT2D eigenvalue weighted by molar-refractivity contribution is 7.89. The van der Waals surface area contributed by atoms with Gasteiger partial charge in [0.15, 0.2) is 5.03 Å². The second-order valence-electron chi connectivity index (χ2n) is 7.29. The molecule has 0 atom stereocenters. The first-order chi connectivity index (χ1) is 13.9. The molecule has 3 aromatic rings. The lowest BCUT2D eigenvalue weighted by molar-refractivity contribution is 0.316. The maximum absolute atomic E-state index is 12.7. The average molecular weight is 413 g/mol. The van der Waals surface area contributed by atoms with Gasteiger partial charge in [0, 0.05) is 43.6 Å². The van der Waals surface area contributed by atoms with Crippen LogP contribution in [0.4, 0.5) is 11.6 Å². The molecule has 0 aromatic carbocycles. The predicted molar refractivity (Wildman–Crippen MR) is 110 cm³/mol. The summed E-state index contributed by atoms with van der Waals surface area (Å²) in [5.74, 6) is 1.72. The van der Waals surface area contributed by atoms with E-state index in [1.165, 1.54) is 16.8 Å². The number of pyridine rings is 2. The van der Waals surface area contributed by atoms with Gasteiger partial charge in [-0.3, -0.25) is 0 Å². The van der Waals surface area contributed by atoms with Gasteiger partial charge in [-0.25, -0.2) is 23.4 Å². The molecule has 0 aliphatic carbocycles. The van der Waals surface area contributed by atoms with E-state index in [2.05, 4.69) is 15.3 Å². The Morgan fingerprint density at radius 1 is 1.03 bits per heavy atom. The molecule has 4 rings (SSSR count). The summed E-state index contributed by atoms with van der Waals surface area (Å²) in [4.78, 5) is 13.2. The Morgan fingerprint density at radius 3 is 2.38 bits per heavy atom. The summed E-state index contributed by atoms with van der Waals surface area (Å²) in [6.45, 7) is 2.87. The van der Waals surface area contributed by atoms with Crippen molar-refractivity contribution in [3.8, 4) is 0 Å². The van der Waals surface area contributed by atoms with E-state index in [1.54, 1.807) is 11.6 Å². The first kappa shape index (κ1) is 19.5. The van der Waals surface area contributed by atoms with Crippen molar-refractivity contribution < 1.29 is 8.42 Å². The van der Waals surface area contributed by atoms with Crippen molar-refractivity contribution in [2.75, 3.05) is 18.4 Å². The molecule has 9 heteroatoms. The monoisotopic (exact) mass is 412 g/mol. The summed E-state index contributed by atoms with van der Waals surface area (Å²) in [7, 11) is -1.78. The van der Waals surface area contributed by atoms with E-state index in [9.17, 15) is 8.42 Å². The van der Waals surface area contributed by atoms with Gasteiger partial charge in [0.05, 0.1) is 6.33 Å². The third-order valence-electron chi connectivity index (χ3n) is 5.07. The second-order valence-corrected chi connectivity index (χ2v) is 9.18. The lowest BCUT2D eigenvalue weighted by atomic mass is 9.94. The number of sulfonamides is 1. The fourth-order valence-corrected chi connectivity index (χ4v) is 4.97. The Kier molecular flexibility index (Phi) is 5.33. The van der Waals surface area contributed by atoms with Gasteiger partial charge in [-0.15, -0.1) is 0 Å². The van der Waals surface area contributed by atoms with Crippen LogP contribution in [0, 0.1) is 6.92 Å². The number of anilines is 2. The van der Waals surface area contributed by atoms with E-state index in [0.29, 0.717) is 13.1 Å². The van der Waals surface area contributed by atoms with Gasteiger partial charge in [-0.2, -0.15) is 4.31 Å². The molecular weight excluding hydrogens is 388 g/mol. The first-order valence-corrected chi connectivity index (χ1v) is 11.0. The molecule has 0 spiro atoms. The van der Waals surface area contributed by atoms with Crippen molar-refractivity contribution in [2.45, 2.75) is 30.7 Å². The van der Waals surface area contributed by atoms with Crippen LogP contribution in [0.1, 0.15) is 30.1 Å². The zero-order valence-corrected chi connectivity index (χ0v) is 17.3. The number of aromatic nitrogens is 4. The maximum atomic E-state index is 12.7. The molecule has 1 aliphatic heterocycles. The number of hydrogen-bond acceptors (Lipinski definition) is 6. The summed E-state index contributed by atoms with van der Waals surface area (Å²) in [6, 6.07) is 11.7. The van der Waals surface area contributed by atoms with E-state index in [4.69, 9.17) is 4.98 Å². The summed E-state index contributed by atoms with van der Waals surface area (Å²) >= 11 is 0. The van der Waals surface area contributed by atoms with Crippen LogP contribution in [0.25, 0.3) is 0 Å². The summed E-state index contributed by atoms with van der Waals surface area (Å²) < 4.78 is 28.7. The number of imidazole rings is 1. The minimum atomic E-state index is -3.54. The summed E-state index contributed by atoms with van der Waals surface area (Å²) in [6.07, 6.45) is 4.50. The third kappa shape index (κ3) is 4.30. The number of rotatable bonds is 5. The quantitative estimate of drug-likeness (QED) is 0.693. The number of nitrogens with one attached hydrogen (secondary N) is 1. The fraction of sp³-hybridized carbons (Fsp3) is 0.350. The Morgan fingerprint density at radius 2 is 1.72 bits per heavy atom. The number of aryl methyl sites for hydroxylation is 2. The van der Waals surface area contributed by atoms with Gasteiger partial charge in [-0.1, -0.05) is 12.1 Å². The van der Waals surface area contributed by atoms with E-state index in [0.717, 1.165) is 35.9 Å². The lowest BCUT2D eigenvalue weighted by Gasteiger charge is -2.30. The van der Waals surface area contributed by atoms with Gasteiger partial charge in [0.1, 0.15) is 11.6 Å². The standard InChI is InChI=1S/C20H24N6O2S/c1-15-5-3-7-18(22-15)24-19-8-4-6-17(23-19)16-9-11-26(12-10-16)29(27,28)20-13-25(2)14-21-20/h3-8,13-14,16H,9-12H2,1-2H3,(H,22,23,24). The van der Waals surface area contributed by atoms with E-state index in [1.807, 2.05) is 43.3 Å². The lowest BCUT2D eigenvalue weighted by Crippen LogP contribution is -2.38. The van der Waals surface area contributed by atoms with Crippen molar-refractivity contribution in [1.29, 1.82) is 0 Å². The molecule has 0 bridgehead atoms. The highest BCUT2D eigenvalue weighted by Gasteiger charge is 2.31. The minimum absolute atomic E-state index is 0.105. The Bertz CT molecular complexity index is 1100. The summed E-state index contributed by atoms with van der Waals surface area (Å²) in [5, 5.41) is 3.35. The molecule has 29 heavy (non-hydrogen) atoms. The maximum Gasteiger partial charge on any atom is 0.262 e. The molecule has 8 nitrogen and oxygen atoms in total. The van der Waals surface area contributed by atoms with Crippen LogP contribution in [0.3, 0.4) is 0 Å². The van der Waals surface area contributed by atoms with Gasteiger partial charge in [0.2, 0.25) is 0 Å². The molecule has 0 unspecified atom stereocenters. The molecule has 3 aromatic heterocycles. The predicted octanol–water partition coefficient (Wildman–Crippen LogP) is 2.83. The molecule has 0 saturated carbocycles. The van der Waals surface area contributed by atoms with Crippen LogP contribution < -0.4 is 5.32 Å². The van der Waals surface area contributed by atoms with Crippen LogP contribution in [-0.2, 0) is 17.1 Å². The molecule has 0 radical (unpaired) electrons. The molecule has 4 heterocycles. The van der Waals surface area contributed by atoms with Crippen molar-refractivity contribution in [2.24, 2.45) is 7.05 Å². The van der Waals surface area contributed by atoms with Gasteiger partial charge >= 0.3 is 0 Å². The van der Waals surface area contributed by atoms with Crippen LogP contribution in [0.2, 0.25) is 0 Å². The highest BCUT2D eigenvalue weighted by Crippen LogP contribution is 2.30. The number of hydrogen-bond donors (Lipinski definition) is 1. The fourth-order valence-electron chi connectivity index (χ4n) is 3.54. The van der Waals surface area contributed by atoms with E-state index >= 15 is 0 Å². The van der Waals surface area contributed by atoms with Crippen LogP contribution in [-0.4, -0.2) is 45.3 Å². The molecule has 152 valence electrons. The van der Waals surface area contributed by atoms with Crippen molar-refractivity contribution in [3.63, 3.8) is 0 Å².